The van der Waals surface area contributed by atoms with Crippen LogP contribution in [0.15, 0.2) is 54.0 Å². The summed E-state index contributed by atoms with van der Waals surface area (Å²) in [6.45, 7) is 14.1. The van der Waals surface area contributed by atoms with Crippen LogP contribution in [0.3, 0.4) is 0 Å². The average molecular weight is 607 g/mol. The third kappa shape index (κ3) is 5.47. The van der Waals surface area contributed by atoms with E-state index < -0.39 is 11.5 Å². The number of hydrogen-bond donors (Lipinski definition) is 1. The fraction of sp³-hybridized carbons (Fsp3) is 0.344. The van der Waals surface area contributed by atoms with Crippen molar-refractivity contribution in [2.75, 3.05) is 18.0 Å². The number of phenolic OH excluding ortho intramolecular Hbond substituents is 1. The van der Waals surface area contributed by atoms with Gasteiger partial charge >= 0.3 is 5.69 Å². The van der Waals surface area contributed by atoms with Gasteiger partial charge in [0, 0.05) is 31.4 Å². The second kappa shape index (κ2) is 12.1. The number of carbonyl (C=O) groups is 1. The van der Waals surface area contributed by atoms with Gasteiger partial charge in [-0.3, -0.25) is 9.78 Å². The molecular weight excluding hydrogens is 571 g/mol. The Kier molecular flexibility index (Phi) is 8.92. The van der Waals surface area contributed by atoms with Crippen LogP contribution in [-0.4, -0.2) is 60.6 Å². The van der Waals surface area contributed by atoms with Gasteiger partial charge in [-0.15, -0.1) is 0 Å². The lowest BCUT2D eigenvalue weighted by atomic mass is 10.0. The molecule has 4 aromatic rings. The molecular formula is C32H36ClFN6O3. The molecule has 1 aliphatic heterocycles. The number of piperazine rings is 1. The number of rotatable bonds is 5. The Morgan fingerprint density at radius 2 is 1.91 bits per heavy atom. The molecule has 1 saturated heterocycles. The first kappa shape index (κ1) is 31.6. The van der Waals surface area contributed by atoms with E-state index in [-0.39, 0.29) is 59.0 Å². The highest BCUT2D eigenvalue weighted by molar-refractivity contribution is 6.34. The lowest BCUT2D eigenvalue weighted by molar-refractivity contribution is -0.128. The number of carbonyl (C=O) groups excluding carboxylic acids is 1. The summed E-state index contributed by atoms with van der Waals surface area (Å²) >= 11 is 6.74. The maximum atomic E-state index is 15.1. The first-order valence-electron chi connectivity index (χ1n) is 13.7. The predicted molar refractivity (Wildman–Crippen MR) is 169 cm³/mol. The quantitative estimate of drug-likeness (QED) is 0.277. The number of aromatic nitrogens is 4. The third-order valence-corrected chi connectivity index (χ3v) is 7.96. The van der Waals surface area contributed by atoms with E-state index in [4.69, 9.17) is 16.6 Å². The lowest BCUT2D eigenvalue weighted by Crippen LogP contribution is -2.58. The molecule has 1 N–H and O–H groups in total. The van der Waals surface area contributed by atoms with Crippen LogP contribution in [0.5, 0.6) is 5.75 Å². The number of phenols is 1. The van der Waals surface area contributed by atoms with Gasteiger partial charge in [-0.2, -0.15) is 4.98 Å². The van der Waals surface area contributed by atoms with Crippen LogP contribution >= 0.6 is 11.6 Å². The molecule has 9 nitrogen and oxygen atoms in total. The molecule has 1 aromatic carbocycles. The van der Waals surface area contributed by atoms with Crippen LogP contribution < -0.4 is 10.6 Å². The van der Waals surface area contributed by atoms with E-state index in [0.29, 0.717) is 35.7 Å². The number of anilines is 1. The average Bonchev–Trinajstić information content (AvgIpc) is 2.94. The highest BCUT2D eigenvalue weighted by Crippen LogP contribution is 2.39. The van der Waals surface area contributed by atoms with E-state index in [1.807, 2.05) is 39.5 Å². The zero-order valence-corrected chi connectivity index (χ0v) is 24.9. The number of aryl methyl sites for hydroxylation is 1. The molecule has 0 radical (unpaired) electrons. The number of nitrogens with zero attached hydrogens (tertiary/aromatic N) is 6. The van der Waals surface area contributed by atoms with Gasteiger partial charge in [0.05, 0.1) is 33.0 Å². The van der Waals surface area contributed by atoms with Crippen molar-refractivity contribution in [3.8, 4) is 22.7 Å². The molecule has 5 rings (SSSR count). The molecule has 0 saturated carbocycles. The molecule has 3 aromatic heterocycles. The summed E-state index contributed by atoms with van der Waals surface area (Å²) in [6, 6.07) is 6.93. The normalized spacial score (nSPS) is 16.8. The summed E-state index contributed by atoms with van der Waals surface area (Å²) in [5.41, 5.74) is 1.37. The van der Waals surface area contributed by atoms with Crippen LogP contribution in [0.2, 0.25) is 5.02 Å². The Morgan fingerprint density at radius 1 is 1.19 bits per heavy atom. The first-order valence-corrected chi connectivity index (χ1v) is 14.1. The molecule has 0 spiro atoms. The number of fused-ring (bicyclic) bond motifs is 1. The van der Waals surface area contributed by atoms with E-state index in [2.05, 4.69) is 16.5 Å². The van der Waals surface area contributed by atoms with Gasteiger partial charge in [-0.25, -0.2) is 18.7 Å². The van der Waals surface area contributed by atoms with Crippen LogP contribution in [0, 0.1) is 12.7 Å². The summed E-state index contributed by atoms with van der Waals surface area (Å²) in [7, 11) is 0. The van der Waals surface area contributed by atoms with Crippen LogP contribution in [0.25, 0.3) is 28.0 Å². The van der Waals surface area contributed by atoms with E-state index in [1.165, 1.54) is 28.8 Å². The van der Waals surface area contributed by atoms with E-state index in [1.54, 1.807) is 23.2 Å². The molecule has 1 amide bonds. The summed E-state index contributed by atoms with van der Waals surface area (Å²) < 4.78 is 16.4. The summed E-state index contributed by atoms with van der Waals surface area (Å²) in [4.78, 5) is 44.1. The fourth-order valence-corrected chi connectivity index (χ4v) is 5.83. The van der Waals surface area contributed by atoms with Crippen molar-refractivity contribution in [2.24, 2.45) is 0 Å². The maximum Gasteiger partial charge on any atom is 0.355 e. The number of hydrogen-bond acceptors (Lipinski definition) is 7. The van der Waals surface area contributed by atoms with Gasteiger partial charge in [0.1, 0.15) is 17.4 Å². The highest BCUT2D eigenvalue weighted by Gasteiger charge is 2.34. The molecule has 1 aliphatic rings. The monoisotopic (exact) mass is 606 g/mol. The van der Waals surface area contributed by atoms with Gasteiger partial charge in [0.15, 0.2) is 5.65 Å². The van der Waals surface area contributed by atoms with E-state index >= 15 is 4.39 Å². The maximum absolute atomic E-state index is 15.1. The zero-order valence-electron chi connectivity index (χ0n) is 24.1. The Hall–Kier alpha value is -4.31. The molecule has 43 heavy (non-hydrogen) atoms. The minimum Gasteiger partial charge on any atom is -0.507 e. The second-order valence-corrected chi connectivity index (χ2v) is 11.3. The second-order valence-electron chi connectivity index (χ2n) is 10.9. The Labute approximate surface area is 255 Å². The lowest BCUT2D eigenvalue weighted by Gasteiger charge is -2.44. The number of halogens is 2. The van der Waals surface area contributed by atoms with Crippen molar-refractivity contribution in [3.63, 3.8) is 0 Å². The first-order chi connectivity index (χ1) is 19.9. The number of aromatic hydroxyl groups is 1. The third-order valence-electron chi connectivity index (χ3n) is 7.67. The van der Waals surface area contributed by atoms with Crippen molar-refractivity contribution in [2.45, 2.75) is 60.0 Å². The smallest absolute Gasteiger partial charge is 0.355 e. The van der Waals surface area contributed by atoms with Crippen LogP contribution in [-0.2, 0) is 4.79 Å². The Morgan fingerprint density at radius 3 is 2.56 bits per heavy atom. The molecule has 11 heteroatoms. The van der Waals surface area contributed by atoms with Crippen LogP contribution in [0.1, 0.15) is 52.3 Å². The zero-order chi connectivity index (χ0) is 30.5. The van der Waals surface area contributed by atoms with Gasteiger partial charge in [0.2, 0.25) is 5.91 Å². The molecule has 1 fully saturated rings. The standard InChI is InChI=1S/C31H32ClFN6O3.CH4/c1-7-24(41)37-14-19(6)38(15-18(37)5)29-20-13-21(32)27(25-22(33)9-8-10-23(25)40)35-30(20)39(31(42)36-29)28-17(4)11-12-34-26(28)16(2)3;/h7-13,16,18-19,40H,1,14-15H2,2-6H3;1H4/t18-,19+;/m1./s1. The molecule has 2 atom stereocenters. The minimum atomic E-state index is -0.710. The van der Waals surface area contributed by atoms with E-state index in [0.717, 1.165) is 5.56 Å². The van der Waals surface area contributed by atoms with Crippen molar-refractivity contribution >= 4 is 34.4 Å². The topological polar surface area (TPSA) is 104 Å². The van der Waals surface area contributed by atoms with Crippen molar-refractivity contribution in [3.05, 3.63) is 81.8 Å². The summed E-state index contributed by atoms with van der Waals surface area (Å²) in [5, 5.41) is 11.1. The van der Waals surface area contributed by atoms with Crippen molar-refractivity contribution in [1.82, 2.24) is 24.4 Å². The molecule has 226 valence electrons. The Balaban J connectivity index is 0.00000423. The van der Waals surface area contributed by atoms with Crippen molar-refractivity contribution in [1.29, 1.82) is 0 Å². The van der Waals surface area contributed by atoms with Gasteiger partial charge in [0.25, 0.3) is 0 Å². The van der Waals surface area contributed by atoms with Crippen LogP contribution in [0.4, 0.5) is 10.2 Å². The van der Waals surface area contributed by atoms with Gasteiger partial charge in [-0.05, 0) is 62.6 Å². The predicted octanol–water partition coefficient (Wildman–Crippen LogP) is 6.02. The highest BCUT2D eigenvalue weighted by atomic mass is 35.5. The SMILES string of the molecule is C.C=CC(=O)N1C[C@H](C)N(c2nc(=O)n(-c3c(C)ccnc3C(C)C)c3nc(-c4c(O)cccc4F)c(Cl)cc23)C[C@H]1C. The summed E-state index contributed by atoms with van der Waals surface area (Å²) in [6.07, 6.45) is 2.98. The van der Waals surface area contributed by atoms with Gasteiger partial charge < -0.3 is 14.9 Å². The number of benzene rings is 1. The van der Waals surface area contributed by atoms with Crippen molar-refractivity contribution < 1.29 is 14.3 Å². The molecule has 0 bridgehead atoms. The van der Waals surface area contributed by atoms with E-state index in [9.17, 15) is 14.7 Å². The largest absolute Gasteiger partial charge is 0.507 e. The molecule has 0 unspecified atom stereocenters. The minimum absolute atomic E-state index is 0. The Bertz CT molecular complexity index is 1770. The number of pyridine rings is 2. The van der Waals surface area contributed by atoms with Gasteiger partial charge in [-0.1, -0.05) is 45.5 Å². The summed E-state index contributed by atoms with van der Waals surface area (Å²) in [5.74, 6) is -0.909. The molecule has 4 heterocycles. The fourth-order valence-electron chi connectivity index (χ4n) is 5.58. The molecule has 0 aliphatic carbocycles. The number of amides is 1.